The number of ether oxygens (including phenoxy) is 2. The molecule has 39 heavy (non-hydrogen) atoms. The molecule has 2 aliphatic heterocycles. The third kappa shape index (κ3) is 5.75. The molecular formula is C32H34N4O3. The van der Waals surface area contributed by atoms with Crippen LogP contribution in [0.1, 0.15) is 36.0 Å². The fourth-order valence-electron chi connectivity index (χ4n) is 5.47. The highest BCUT2D eigenvalue weighted by Gasteiger charge is 2.19. The Morgan fingerprint density at radius 1 is 0.692 bits per heavy atom. The van der Waals surface area contributed by atoms with Gasteiger partial charge in [0.15, 0.2) is 0 Å². The Morgan fingerprint density at radius 2 is 1.21 bits per heavy atom. The second-order valence-corrected chi connectivity index (χ2v) is 10.3. The quantitative estimate of drug-likeness (QED) is 0.318. The van der Waals surface area contributed by atoms with Crippen LogP contribution >= 0.6 is 0 Å². The van der Waals surface area contributed by atoms with Crippen LogP contribution in [0, 0.1) is 0 Å². The Bertz CT molecular complexity index is 1440. The van der Waals surface area contributed by atoms with E-state index in [-0.39, 0.29) is 12.2 Å². The van der Waals surface area contributed by atoms with Crippen LogP contribution in [0.4, 0.5) is 0 Å². The summed E-state index contributed by atoms with van der Waals surface area (Å²) in [4.78, 5) is 17.7. The Labute approximate surface area is 228 Å². The molecule has 4 N–H and O–H groups in total. The molecule has 0 bridgehead atoms. The van der Waals surface area contributed by atoms with Gasteiger partial charge < -0.3 is 25.8 Å². The lowest BCUT2D eigenvalue weighted by Crippen LogP contribution is -2.34. The average molecular weight is 523 g/mol. The number of carbonyl (C=O) groups excluding carboxylic acids is 1. The van der Waals surface area contributed by atoms with Crippen molar-refractivity contribution in [3.8, 4) is 33.9 Å². The van der Waals surface area contributed by atoms with Crippen LogP contribution in [0.3, 0.4) is 0 Å². The van der Waals surface area contributed by atoms with Crippen molar-refractivity contribution in [2.75, 3.05) is 26.2 Å². The first-order valence-corrected chi connectivity index (χ1v) is 13.8. The number of amides is 1. The molecule has 0 atom stereocenters. The largest absolute Gasteiger partial charge is 0.490 e. The van der Waals surface area contributed by atoms with E-state index in [0.29, 0.717) is 11.1 Å². The fourth-order valence-corrected chi connectivity index (χ4v) is 5.47. The van der Waals surface area contributed by atoms with Crippen LogP contribution in [0.25, 0.3) is 33.3 Å². The third-order valence-electron chi connectivity index (χ3n) is 7.60. The van der Waals surface area contributed by atoms with Crippen LogP contribution in [-0.2, 0) is 0 Å². The minimum absolute atomic E-state index is 0.228. The van der Waals surface area contributed by atoms with Crippen LogP contribution in [0.15, 0.2) is 72.8 Å². The van der Waals surface area contributed by atoms with Gasteiger partial charge >= 0.3 is 0 Å². The molecule has 3 heterocycles. The molecule has 1 aromatic heterocycles. The van der Waals surface area contributed by atoms with E-state index in [0.717, 1.165) is 91.1 Å². The number of rotatable bonds is 7. The summed E-state index contributed by atoms with van der Waals surface area (Å²) in [5.41, 5.74) is 10.4. The number of aromatic nitrogens is 1. The van der Waals surface area contributed by atoms with E-state index in [9.17, 15) is 4.79 Å². The van der Waals surface area contributed by atoms with Crippen molar-refractivity contribution in [3.05, 3.63) is 78.4 Å². The average Bonchev–Trinajstić information content (AvgIpc) is 2.98. The molecule has 1 amide bonds. The van der Waals surface area contributed by atoms with E-state index in [1.165, 1.54) is 0 Å². The highest BCUT2D eigenvalue weighted by atomic mass is 16.5. The van der Waals surface area contributed by atoms with Gasteiger partial charge in [-0.3, -0.25) is 4.79 Å². The maximum Gasteiger partial charge on any atom is 0.251 e. The van der Waals surface area contributed by atoms with Gasteiger partial charge in [-0.25, -0.2) is 4.98 Å². The number of benzene rings is 3. The van der Waals surface area contributed by atoms with Crippen molar-refractivity contribution >= 4 is 16.8 Å². The monoisotopic (exact) mass is 522 g/mol. The maximum atomic E-state index is 12.8. The normalized spacial score (nSPS) is 16.7. The van der Waals surface area contributed by atoms with Gasteiger partial charge in [-0.1, -0.05) is 30.3 Å². The Balaban J connectivity index is 1.27. The van der Waals surface area contributed by atoms with Gasteiger partial charge in [-0.2, -0.15) is 0 Å². The first-order valence-electron chi connectivity index (χ1n) is 13.8. The molecule has 2 aliphatic rings. The van der Waals surface area contributed by atoms with Gasteiger partial charge in [0.05, 0.1) is 16.8 Å². The highest BCUT2D eigenvalue weighted by Crippen LogP contribution is 2.33. The van der Waals surface area contributed by atoms with E-state index in [2.05, 4.69) is 10.6 Å². The number of piperidine rings is 2. The third-order valence-corrected chi connectivity index (χ3v) is 7.60. The molecule has 6 rings (SSSR count). The van der Waals surface area contributed by atoms with Crippen molar-refractivity contribution in [3.63, 3.8) is 0 Å². The molecule has 3 aromatic carbocycles. The number of hydrogen-bond donors (Lipinski definition) is 3. The summed E-state index contributed by atoms with van der Waals surface area (Å²) in [7, 11) is 0. The molecule has 7 heteroatoms. The van der Waals surface area contributed by atoms with Gasteiger partial charge in [0, 0.05) is 10.9 Å². The summed E-state index contributed by atoms with van der Waals surface area (Å²) in [5.74, 6) is 1.19. The van der Waals surface area contributed by atoms with Crippen molar-refractivity contribution in [2.45, 2.75) is 37.9 Å². The second-order valence-electron chi connectivity index (χ2n) is 10.3. The number of nitrogens with zero attached hydrogens (tertiary/aromatic N) is 1. The SMILES string of the molecule is NC(=O)c1c(-c2ccc(OC3CCNCC3)cc2)ccc2ccc(-c3ccc(OC4CCNCC4)cc3)nc12. The van der Waals surface area contributed by atoms with E-state index >= 15 is 0 Å². The van der Waals surface area contributed by atoms with Crippen LogP contribution < -0.4 is 25.8 Å². The summed E-state index contributed by atoms with van der Waals surface area (Å²) in [5, 5.41) is 7.59. The lowest BCUT2D eigenvalue weighted by atomic mass is 9.95. The number of hydrogen-bond acceptors (Lipinski definition) is 6. The Kier molecular flexibility index (Phi) is 7.43. The lowest BCUT2D eigenvalue weighted by molar-refractivity contribution is 0.100. The molecule has 200 valence electrons. The Hall–Kier alpha value is -3.94. The summed E-state index contributed by atoms with van der Waals surface area (Å²) in [6, 6.07) is 23.8. The summed E-state index contributed by atoms with van der Waals surface area (Å²) in [6.07, 6.45) is 4.50. The molecule has 0 aliphatic carbocycles. The topological polar surface area (TPSA) is 98.5 Å². The van der Waals surface area contributed by atoms with Gasteiger partial charge in [-0.05, 0) is 105 Å². The van der Waals surface area contributed by atoms with Gasteiger partial charge in [0.2, 0.25) is 0 Å². The van der Waals surface area contributed by atoms with E-state index in [1.54, 1.807) is 0 Å². The fraction of sp³-hybridized carbons (Fsp3) is 0.312. The predicted octanol–water partition coefficient (Wildman–Crippen LogP) is 4.93. The van der Waals surface area contributed by atoms with Gasteiger partial charge in [-0.15, -0.1) is 0 Å². The number of nitrogens with one attached hydrogen (secondary N) is 2. The molecule has 0 spiro atoms. The Morgan fingerprint density at radius 3 is 1.74 bits per heavy atom. The zero-order valence-corrected chi connectivity index (χ0v) is 22.0. The maximum absolute atomic E-state index is 12.8. The molecule has 4 aromatic rings. The molecule has 0 unspecified atom stereocenters. The highest BCUT2D eigenvalue weighted by molar-refractivity contribution is 6.10. The van der Waals surface area contributed by atoms with E-state index in [4.69, 9.17) is 20.2 Å². The molecule has 0 radical (unpaired) electrons. The van der Waals surface area contributed by atoms with Crippen LogP contribution in [-0.4, -0.2) is 49.3 Å². The van der Waals surface area contributed by atoms with Gasteiger partial charge in [0.25, 0.3) is 5.91 Å². The van der Waals surface area contributed by atoms with Crippen LogP contribution in [0.5, 0.6) is 11.5 Å². The molecule has 2 saturated heterocycles. The molecule has 7 nitrogen and oxygen atoms in total. The smallest absolute Gasteiger partial charge is 0.251 e. The van der Waals surface area contributed by atoms with Gasteiger partial charge in [0.1, 0.15) is 23.7 Å². The number of fused-ring (bicyclic) bond motifs is 1. The van der Waals surface area contributed by atoms with Crippen LogP contribution in [0.2, 0.25) is 0 Å². The summed E-state index contributed by atoms with van der Waals surface area (Å²) >= 11 is 0. The molecule has 2 fully saturated rings. The number of nitrogens with two attached hydrogens (primary N) is 1. The number of pyridine rings is 1. The zero-order chi connectivity index (χ0) is 26.6. The lowest BCUT2D eigenvalue weighted by Gasteiger charge is -2.24. The summed E-state index contributed by atoms with van der Waals surface area (Å²) < 4.78 is 12.3. The van der Waals surface area contributed by atoms with E-state index in [1.807, 2.05) is 72.8 Å². The molecular weight excluding hydrogens is 488 g/mol. The minimum atomic E-state index is -0.499. The first kappa shape index (κ1) is 25.3. The second kappa shape index (κ2) is 11.4. The zero-order valence-electron chi connectivity index (χ0n) is 22.0. The number of primary amides is 1. The summed E-state index contributed by atoms with van der Waals surface area (Å²) in [6.45, 7) is 3.94. The standard InChI is InChI=1S/C32H34N4O3/c33-32(37)30-28(21-1-7-24(8-2-21)38-26-13-17-34-18-14-26)11-5-23-6-12-29(36-31(23)30)22-3-9-25(10-4-22)39-27-15-19-35-20-16-27/h1-12,26-27,34-35H,13-20H2,(H2,33,37). The number of carbonyl (C=O) groups is 1. The van der Waals surface area contributed by atoms with Crippen molar-refractivity contribution in [1.82, 2.24) is 15.6 Å². The predicted molar refractivity (Wildman–Crippen MR) is 154 cm³/mol. The van der Waals surface area contributed by atoms with Crippen molar-refractivity contribution in [1.29, 1.82) is 0 Å². The van der Waals surface area contributed by atoms with Crippen molar-refractivity contribution in [2.24, 2.45) is 5.73 Å². The molecule has 0 saturated carbocycles. The van der Waals surface area contributed by atoms with Crippen molar-refractivity contribution < 1.29 is 14.3 Å². The van der Waals surface area contributed by atoms with E-state index < -0.39 is 5.91 Å². The minimum Gasteiger partial charge on any atom is -0.490 e. The first-order chi connectivity index (χ1) is 19.1.